The van der Waals surface area contributed by atoms with Crippen molar-refractivity contribution in [2.45, 2.75) is 105 Å². The Morgan fingerprint density at radius 2 is 0.526 bits per heavy atom. The number of hydrogen-bond donors (Lipinski definition) is 0. The summed E-state index contributed by atoms with van der Waals surface area (Å²) < 4.78 is 0. The molecular weight excluding hydrogens is 464 g/mol. The third-order valence-corrected chi connectivity index (χ3v) is 6.71. The van der Waals surface area contributed by atoms with Crippen LogP contribution in [0.25, 0.3) is 0 Å². The fourth-order valence-electron chi connectivity index (χ4n) is 3.89. The second-order valence-corrected chi connectivity index (χ2v) is 14.5. The van der Waals surface area contributed by atoms with E-state index in [0.717, 1.165) is 22.7 Å². The van der Waals surface area contributed by atoms with E-state index < -0.39 is 0 Å². The highest BCUT2D eigenvalue weighted by molar-refractivity contribution is 5.51. The molecule has 4 nitrogen and oxygen atoms in total. The van der Waals surface area contributed by atoms with E-state index in [2.05, 4.69) is 140 Å². The van der Waals surface area contributed by atoms with Gasteiger partial charge >= 0.3 is 0 Å². The molecule has 0 aliphatic heterocycles. The van der Waals surface area contributed by atoms with Gasteiger partial charge < -0.3 is 0 Å². The molecule has 0 saturated heterocycles. The number of rotatable bonds is 4. The second kappa shape index (κ2) is 10.6. The van der Waals surface area contributed by atoms with E-state index in [9.17, 15) is 0 Å². The van der Waals surface area contributed by atoms with Gasteiger partial charge in [0.15, 0.2) is 0 Å². The molecule has 0 spiro atoms. The lowest BCUT2D eigenvalue weighted by atomic mass is 9.80. The molecule has 4 heteroatoms. The van der Waals surface area contributed by atoms with Gasteiger partial charge in [0.25, 0.3) is 0 Å². The lowest BCUT2D eigenvalue weighted by molar-refractivity contribution is 0.568. The topological polar surface area (TPSA) is 49.4 Å². The molecule has 0 aromatic heterocycles. The molecule has 0 aliphatic rings. The molecule has 0 radical (unpaired) electrons. The fraction of sp³-hybridized carbons (Fsp3) is 0.471. The minimum Gasteiger partial charge on any atom is -0.151 e. The molecule has 0 atom stereocenters. The normalized spacial score (nSPS) is 13.6. The van der Waals surface area contributed by atoms with Gasteiger partial charge in [0.2, 0.25) is 0 Å². The lowest BCUT2D eigenvalue weighted by Crippen LogP contribution is -2.16. The van der Waals surface area contributed by atoms with Crippen LogP contribution in [0.5, 0.6) is 0 Å². The SMILES string of the molecule is CC(C)(C)c1cc(N=Nc2ccc(N=Nc3cc(C(C)(C)C)cc(C(C)(C)C)c3)cc2)cc(C(C)(C)C)c1. The fourth-order valence-corrected chi connectivity index (χ4v) is 3.89. The third-order valence-electron chi connectivity index (χ3n) is 6.71. The zero-order chi connectivity index (χ0) is 28.5. The zero-order valence-corrected chi connectivity index (χ0v) is 25.6. The van der Waals surface area contributed by atoms with Crippen LogP contribution >= 0.6 is 0 Å². The van der Waals surface area contributed by atoms with E-state index in [4.69, 9.17) is 0 Å². The number of nitrogens with zero attached hydrogens (tertiary/aromatic N) is 4. The van der Waals surface area contributed by atoms with Gasteiger partial charge in [0, 0.05) is 0 Å². The first kappa shape index (κ1) is 29.4. The average molecular weight is 511 g/mol. The van der Waals surface area contributed by atoms with Crippen molar-refractivity contribution < 1.29 is 0 Å². The van der Waals surface area contributed by atoms with Gasteiger partial charge in [-0.25, -0.2) is 0 Å². The first-order chi connectivity index (χ1) is 17.3. The highest BCUT2D eigenvalue weighted by Gasteiger charge is 2.21. The first-order valence-corrected chi connectivity index (χ1v) is 13.6. The van der Waals surface area contributed by atoms with Crippen molar-refractivity contribution >= 4 is 22.7 Å². The van der Waals surface area contributed by atoms with Crippen LogP contribution in [0.1, 0.15) is 105 Å². The Morgan fingerprint density at radius 1 is 0.316 bits per heavy atom. The van der Waals surface area contributed by atoms with Crippen molar-refractivity contribution in [3.8, 4) is 0 Å². The Balaban J connectivity index is 1.85. The van der Waals surface area contributed by atoms with Gasteiger partial charge in [-0.3, -0.25) is 0 Å². The maximum Gasteiger partial charge on any atom is 0.0862 e. The highest BCUT2D eigenvalue weighted by atomic mass is 15.1. The summed E-state index contributed by atoms with van der Waals surface area (Å²) in [4.78, 5) is 0. The van der Waals surface area contributed by atoms with Crippen LogP contribution in [-0.4, -0.2) is 0 Å². The molecule has 3 rings (SSSR count). The largest absolute Gasteiger partial charge is 0.151 e. The summed E-state index contributed by atoms with van der Waals surface area (Å²) in [7, 11) is 0. The number of hydrogen-bond acceptors (Lipinski definition) is 4. The van der Waals surface area contributed by atoms with Crippen LogP contribution in [0.2, 0.25) is 0 Å². The molecule has 0 saturated carbocycles. The van der Waals surface area contributed by atoms with E-state index in [0.29, 0.717) is 0 Å². The van der Waals surface area contributed by atoms with Crippen molar-refractivity contribution in [3.05, 3.63) is 82.9 Å². The standard InChI is InChI=1S/C34H46N4/c1-31(2,3)23-17-24(32(4,5)6)20-29(19-23)37-35-27-13-15-28(16-14-27)36-38-30-21-25(33(7,8)9)18-26(22-30)34(10,11)12/h13-22H,1-12H3. The Kier molecular flexibility index (Phi) is 8.17. The predicted octanol–water partition coefficient (Wildman–Crippen LogP) is 11.7. The van der Waals surface area contributed by atoms with Crippen LogP contribution in [0.15, 0.2) is 81.1 Å². The van der Waals surface area contributed by atoms with E-state index in [1.165, 1.54) is 22.3 Å². The molecule has 0 bridgehead atoms. The number of azo groups is 2. The van der Waals surface area contributed by atoms with Gasteiger partial charge in [-0.05, 0) is 92.4 Å². The van der Waals surface area contributed by atoms with Gasteiger partial charge in [-0.15, -0.1) is 0 Å². The van der Waals surface area contributed by atoms with E-state index >= 15 is 0 Å². The summed E-state index contributed by atoms with van der Waals surface area (Å²) in [5.74, 6) is 0. The minimum atomic E-state index is 0.0399. The van der Waals surface area contributed by atoms with Crippen LogP contribution in [0, 0.1) is 0 Å². The lowest BCUT2D eigenvalue weighted by Gasteiger charge is -2.25. The van der Waals surface area contributed by atoms with Crippen LogP contribution in [-0.2, 0) is 21.7 Å². The Bertz CT molecular complexity index is 1150. The first-order valence-electron chi connectivity index (χ1n) is 13.6. The second-order valence-electron chi connectivity index (χ2n) is 14.5. The molecule has 0 heterocycles. The summed E-state index contributed by atoms with van der Waals surface area (Å²) in [5, 5.41) is 18.2. The van der Waals surface area contributed by atoms with E-state index in [1.807, 2.05) is 24.3 Å². The van der Waals surface area contributed by atoms with Crippen molar-refractivity contribution in [2.75, 3.05) is 0 Å². The average Bonchev–Trinajstić information content (AvgIpc) is 2.79. The van der Waals surface area contributed by atoms with E-state index in [-0.39, 0.29) is 21.7 Å². The maximum absolute atomic E-state index is 4.58. The monoisotopic (exact) mass is 510 g/mol. The Labute approximate surface area is 230 Å². The summed E-state index contributed by atoms with van der Waals surface area (Å²) in [6, 6.07) is 20.9. The van der Waals surface area contributed by atoms with E-state index in [1.54, 1.807) is 0 Å². The quantitative estimate of drug-likeness (QED) is 0.313. The molecule has 0 unspecified atom stereocenters. The maximum atomic E-state index is 4.58. The summed E-state index contributed by atoms with van der Waals surface area (Å²) in [6.07, 6.45) is 0. The predicted molar refractivity (Wildman–Crippen MR) is 162 cm³/mol. The zero-order valence-electron chi connectivity index (χ0n) is 25.6. The molecule has 0 N–H and O–H groups in total. The molecule has 3 aromatic carbocycles. The molecule has 0 fully saturated rings. The summed E-state index contributed by atoms with van der Waals surface area (Å²) in [6.45, 7) is 26.7. The molecule has 38 heavy (non-hydrogen) atoms. The summed E-state index contributed by atoms with van der Waals surface area (Å²) in [5.41, 5.74) is 8.53. The van der Waals surface area contributed by atoms with Crippen LogP contribution < -0.4 is 0 Å². The highest BCUT2D eigenvalue weighted by Crippen LogP contribution is 2.35. The van der Waals surface area contributed by atoms with Crippen molar-refractivity contribution in [2.24, 2.45) is 20.5 Å². The van der Waals surface area contributed by atoms with Gasteiger partial charge in [-0.1, -0.05) is 95.2 Å². The minimum absolute atomic E-state index is 0.0399. The third kappa shape index (κ3) is 7.93. The van der Waals surface area contributed by atoms with Crippen LogP contribution in [0.4, 0.5) is 22.7 Å². The molecule has 0 aliphatic carbocycles. The Hall–Kier alpha value is -3.14. The summed E-state index contributed by atoms with van der Waals surface area (Å²) >= 11 is 0. The molecule has 0 amide bonds. The molecule has 3 aromatic rings. The molecule has 202 valence electrons. The van der Waals surface area contributed by atoms with Crippen molar-refractivity contribution in [1.29, 1.82) is 0 Å². The Morgan fingerprint density at radius 3 is 0.737 bits per heavy atom. The van der Waals surface area contributed by atoms with Gasteiger partial charge in [-0.2, -0.15) is 20.5 Å². The molecular formula is C34H46N4. The van der Waals surface area contributed by atoms with Crippen molar-refractivity contribution in [3.63, 3.8) is 0 Å². The van der Waals surface area contributed by atoms with Gasteiger partial charge in [0.1, 0.15) is 0 Å². The smallest absolute Gasteiger partial charge is 0.0862 e. The van der Waals surface area contributed by atoms with Gasteiger partial charge in [0.05, 0.1) is 22.7 Å². The van der Waals surface area contributed by atoms with Crippen LogP contribution in [0.3, 0.4) is 0 Å². The van der Waals surface area contributed by atoms with Crippen molar-refractivity contribution in [1.82, 2.24) is 0 Å². The number of benzene rings is 3.